The third-order valence-electron chi connectivity index (χ3n) is 12.5. The number of imidazole rings is 2. The fourth-order valence-electron chi connectivity index (χ4n) is 7.83. The highest BCUT2D eigenvalue weighted by Gasteiger charge is 2.59. The van der Waals surface area contributed by atoms with Crippen molar-refractivity contribution in [2.24, 2.45) is 0 Å². The number of hydrogen-bond acceptors (Lipinski definition) is 19. The first-order valence-corrected chi connectivity index (χ1v) is 29.1. The van der Waals surface area contributed by atoms with Gasteiger partial charge >= 0.3 is 14.5 Å². The minimum Gasteiger partial charge on any atom is -0.408 e. The summed E-state index contributed by atoms with van der Waals surface area (Å²) in [7, 11) is -8.15. The molecule has 3 saturated heterocycles. The maximum absolute atomic E-state index is 18.0. The van der Waals surface area contributed by atoms with Gasteiger partial charge in [0.1, 0.15) is 43.7 Å². The van der Waals surface area contributed by atoms with E-state index in [1.807, 2.05) is 39.9 Å². The molecular formula is C43H48FN11O12P2SSi. The summed E-state index contributed by atoms with van der Waals surface area (Å²) < 4.78 is 85.1. The van der Waals surface area contributed by atoms with Crippen molar-refractivity contribution in [3.63, 3.8) is 0 Å². The Morgan fingerprint density at radius 3 is 2.11 bits per heavy atom. The number of fused-ring (bicyclic) bond motifs is 5. The highest BCUT2D eigenvalue weighted by molar-refractivity contribution is 8.07. The van der Waals surface area contributed by atoms with Crippen LogP contribution in [-0.4, -0.2) is 121 Å². The van der Waals surface area contributed by atoms with Gasteiger partial charge in [-0.1, -0.05) is 57.2 Å². The van der Waals surface area contributed by atoms with E-state index in [-0.39, 0.29) is 47.0 Å². The number of hydrogen-bond donors (Lipinski definition) is 3. The topological polar surface area (TPSA) is 280 Å². The van der Waals surface area contributed by atoms with Crippen LogP contribution >= 0.6 is 14.5 Å². The maximum Gasteiger partial charge on any atom is 0.472 e. The number of rotatable bonds is 11. The smallest absolute Gasteiger partial charge is 0.408 e. The van der Waals surface area contributed by atoms with Crippen molar-refractivity contribution < 1.29 is 60.0 Å². The Morgan fingerprint density at radius 2 is 1.49 bits per heavy atom. The van der Waals surface area contributed by atoms with Crippen LogP contribution in [0.15, 0.2) is 86.0 Å². The molecule has 9 rings (SSSR count). The minimum absolute atomic E-state index is 0.0165. The number of carbonyl (C=O) groups is 2. The SMILES string of the molecule is CC(C)(C)[Si](C)(C)O[C@H]1[C@H]2OP(=S)(OCCC#N)OC[C@H]3OCC(F)(n4cnc5c(NC(=O)c6ccccc6)ncnc54)[C@@H]3OP(=O)(O)OC[C@H]1O[C@H]2n1cnc2c(NC(=O)c3ccccc3)ncnc21. The van der Waals surface area contributed by atoms with Gasteiger partial charge in [-0.3, -0.25) is 32.3 Å². The Labute approximate surface area is 411 Å². The zero-order valence-corrected chi connectivity index (χ0v) is 42.3. The predicted molar refractivity (Wildman–Crippen MR) is 256 cm³/mol. The van der Waals surface area contributed by atoms with E-state index in [9.17, 15) is 24.3 Å². The highest BCUT2D eigenvalue weighted by atomic mass is 32.5. The number of nitriles is 1. The van der Waals surface area contributed by atoms with Crippen molar-refractivity contribution in [1.82, 2.24) is 39.0 Å². The highest BCUT2D eigenvalue weighted by Crippen LogP contribution is 2.58. The number of anilines is 2. The number of phosphoric ester groups is 1. The van der Waals surface area contributed by atoms with Gasteiger partial charge in [-0.2, -0.15) is 5.26 Å². The van der Waals surface area contributed by atoms with E-state index in [2.05, 4.69) is 40.5 Å². The number of ether oxygens (including phenoxy) is 2. The lowest BCUT2D eigenvalue weighted by atomic mass is 10.1. The zero-order valence-electron chi connectivity index (χ0n) is 38.7. The largest absolute Gasteiger partial charge is 0.472 e. The number of aromatic nitrogens is 8. The van der Waals surface area contributed by atoms with E-state index in [1.165, 1.54) is 17.2 Å². The number of phosphoric acid groups is 1. The van der Waals surface area contributed by atoms with E-state index in [4.69, 9.17) is 48.3 Å². The Bertz CT molecular complexity index is 3090. The number of nitrogens with zero attached hydrogens (tertiary/aromatic N) is 9. The van der Waals surface area contributed by atoms with E-state index in [0.717, 1.165) is 17.2 Å². The minimum atomic E-state index is -5.32. The zero-order chi connectivity index (χ0) is 50.3. The fourth-order valence-corrected chi connectivity index (χ4v) is 12.2. The standard InChI is InChI=1S/C43H48FN11O12P2SSi/c1-42(2,3)71(4,5)67-32-28-19-62-68(58,59)66-34-29(60-21-43(34,44)55-25-51-31-36(47-23-49-38(31)55)53-40(57)27-15-10-7-11-16-27)20-63-69(70,61-18-12-17-45)65-33(32)41(64-28)54-24-50-30-35(46-22-48-37(30)54)52-39(56)26-13-8-6-9-14-26/h6-11,13-16,22-25,28-29,32-34,41H,12,18-21H2,1-5H3,(H,58,59)(H,46,48,52,56)(H,47,49,53,57)/t28-,29-,32-,33-,34-,41-,43?,69?/m1/s1. The lowest BCUT2D eigenvalue weighted by Crippen LogP contribution is -2.50. The second-order valence-corrected chi connectivity index (χ2v) is 27.2. The van der Waals surface area contributed by atoms with Crippen LogP contribution in [0.25, 0.3) is 22.3 Å². The van der Waals surface area contributed by atoms with Crippen molar-refractivity contribution in [3.05, 3.63) is 97.1 Å². The van der Waals surface area contributed by atoms with E-state index in [0.29, 0.717) is 11.1 Å². The number of benzene rings is 2. The van der Waals surface area contributed by atoms with Crippen LogP contribution in [0.1, 0.15) is 54.1 Å². The van der Waals surface area contributed by atoms with Crippen LogP contribution in [0.2, 0.25) is 18.1 Å². The van der Waals surface area contributed by atoms with Crippen molar-refractivity contribution in [3.8, 4) is 6.07 Å². The lowest BCUT2D eigenvalue weighted by molar-refractivity contribution is -0.0703. The summed E-state index contributed by atoms with van der Waals surface area (Å²) in [5, 5.41) is 14.6. The lowest BCUT2D eigenvalue weighted by Gasteiger charge is -2.41. The number of carbonyl (C=O) groups excluding carboxylic acids is 2. The van der Waals surface area contributed by atoms with Gasteiger partial charge < -0.3 is 38.5 Å². The molecular weight excluding hydrogens is 1000 g/mol. The summed E-state index contributed by atoms with van der Waals surface area (Å²) >= 11 is 6.09. The van der Waals surface area contributed by atoms with Gasteiger partial charge in [0.05, 0.1) is 45.0 Å². The Hall–Kier alpha value is -5.36. The van der Waals surface area contributed by atoms with Gasteiger partial charge in [-0.25, -0.2) is 38.9 Å². The van der Waals surface area contributed by atoms with Crippen molar-refractivity contribution in [1.29, 1.82) is 5.26 Å². The number of halogens is 1. The van der Waals surface area contributed by atoms with Crippen LogP contribution in [0, 0.1) is 11.3 Å². The second-order valence-electron chi connectivity index (χ2n) is 18.1. The molecule has 2 aromatic carbocycles. The molecule has 0 saturated carbocycles. The molecule has 3 unspecified atom stereocenters. The summed E-state index contributed by atoms with van der Waals surface area (Å²) in [6.07, 6.45) is -3.78. The molecule has 0 radical (unpaired) electrons. The predicted octanol–water partition coefficient (Wildman–Crippen LogP) is 6.55. The molecule has 7 heterocycles. The van der Waals surface area contributed by atoms with Gasteiger partial charge in [0.15, 0.2) is 54.6 Å². The van der Waals surface area contributed by atoms with Gasteiger partial charge in [0.25, 0.3) is 11.8 Å². The molecule has 9 atom stereocenters. The summed E-state index contributed by atoms with van der Waals surface area (Å²) in [6.45, 7) is 3.46. The van der Waals surface area contributed by atoms with Gasteiger partial charge in [0, 0.05) is 11.1 Å². The van der Waals surface area contributed by atoms with Crippen molar-refractivity contribution in [2.75, 3.05) is 37.1 Å². The molecule has 3 N–H and O–H groups in total. The first-order valence-electron chi connectivity index (χ1n) is 22.1. The number of amides is 2. The molecule has 6 aromatic rings. The molecule has 3 fully saturated rings. The third-order valence-corrected chi connectivity index (χ3v) is 20.3. The average molecular weight is 1050 g/mol. The molecule has 2 amide bonds. The van der Waals surface area contributed by atoms with Crippen molar-refractivity contribution in [2.45, 2.75) is 87.9 Å². The molecule has 28 heteroatoms. The van der Waals surface area contributed by atoms with E-state index in [1.54, 1.807) is 60.7 Å². The molecule has 374 valence electrons. The molecule has 0 spiro atoms. The van der Waals surface area contributed by atoms with Gasteiger partial charge in [-0.05, 0) is 54.2 Å². The van der Waals surface area contributed by atoms with Crippen LogP contribution in [0.4, 0.5) is 16.0 Å². The summed E-state index contributed by atoms with van der Waals surface area (Å²) in [5.74, 6) is -3.77. The molecule has 2 bridgehead atoms. The average Bonchev–Trinajstić information content (AvgIpc) is 4.12. The van der Waals surface area contributed by atoms with E-state index >= 15 is 4.39 Å². The number of nitrogens with one attached hydrogen (secondary N) is 2. The quantitative estimate of drug-likeness (QED) is 0.0704. The summed E-state index contributed by atoms with van der Waals surface area (Å²) in [6, 6.07) is 18.8. The first kappa shape index (κ1) is 50.6. The fraction of sp³-hybridized carbons (Fsp3) is 0.419. The first-order chi connectivity index (χ1) is 33.8. The van der Waals surface area contributed by atoms with Crippen LogP contribution in [0.3, 0.4) is 0 Å². The Balaban J connectivity index is 1.08. The normalized spacial score (nSPS) is 28.3. The Kier molecular flexibility index (Phi) is 14.2. The third kappa shape index (κ3) is 10.3. The van der Waals surface area contributed by atoms with E-state index < -0.39 is 102 Å². The Morgan fingerprint density at radius 1 is 0.901 bits per heavy atom. The summed E-state index contributed by atoms with van der Waals surface area (Å²) in [4.78, 5) is 63.9. The molecule has 23 nitrogen and oxygen atoms in total. The monoisotopic (exact) mass is 1050 g/mol. The van der Waals surface area contributed by atoms with Gasteiger partial charge in [0.2, 0.25) is 5.79 Å². The molecule has 3 aliphatic rings. The molecule has 0 aliphatic carbocycles. The van der Waals surface area contributed by atoms with Gasteiger partial charge in [-0.15, -0.1) is 0 Å². The molecule has 3 aliphatic heterocycles. The van der Waals surface area contributed by atoms with Crippen LogP contribution in [-0.2, 0) is 58.7 Å². The van der Waals surface area contributed by atoms with Crippen LogP contribution in [0.5, 0.6) is 0 Å². The van der Waals surface area contributed by atoms with Crippen molar-refractivity contribution >= 4 is 80.4 Å². The molecule has 4 aromatic heterocycles. The van der Waals surface area contributed by atoms with Crippen LogP contribution < -0.4 is 10.6 Å². The summed E-state index contributed by atoms with van der Waals surface area (Å²) in [5.41, 5.74) is 0.898. The molecule has 71 heavy (non-hydrogen) atoms. The number of alkyl halides is 1. The second kappa shape index (κ2) is 19.9. The maximum atomic E-state index is 18.0.